The van der Waals surface area contributed by atoms with Crippen molar-refractivity contribution in [3.63, 3.8) is 0 Å². The maximum Gasteiger partial charge on any atom is 0.279 e. The topological polar surface area (TPSA) is 114 Å². The van der Waals surface area contributed by atoms with Crippen LogP contribution in [0.5, 0.6) is 11.8 Å². The second-order valence-corrected chi connectivity index (χ2v) is 6.45. The zero-order valence-electron chi connectivity index (χ0n) is 12.9. The lowest BCUT2D eigenvalue weighted by atomic mass is 10.3. The average molecular weight is 342 g/mol. The number of ether oxygens (including phenoxy) is 3. The monoisotopic (exact) mass is 342 g/mol. The van der Waals surface area contributed by atoms with Crippen LogP contribution in [0.25, 0.3) is 0 Å². The summed E-state index contributed by atoms with van der Waals surface area (Å²) in [5.41, 5.74) is 0.571. The van der Waals surface area contributed by atoms with E-state index in [1.807, 2.05) is 6.07 Å². The first-order valence-corrected chi connectivity index (χ1v) is 8.28. The summed E-state index contributed by atoms with van der Waals surface area (Å²) < 4.78 is 43.5. The van der Waals surface area contributed by atoms with Gasteiger partial charge in [-0.05, 0) is 6.07 Å². The van der Waals surface area contributed by atoms with Crippen LogP contribution in [0.4, 0.5) is 0 Å². The van der Waals surface area contributed by atoms with Crippen molar-refractivity contribution in [1.82, 2.24) is 14.0 Å². The first-order chi connectivity index (χ1) is 11.0. The second kappa shape index (κ2) is 7.56. The van der Waals surface area contributed by atoms with Gasteiger partial charge >= 0.3 is 0 Å². The Kier molecular flexibility index (Phi) is 5.73. The lowest BCUT2D eigenvalue weighted by Crippen LogP contribution is -2.49. The lowest BCUT2D eigenvalue weighted by molar-refractivity contribution is 0.0307. The quantitative estimate of drug-likeness (QED) is 0.752. The van der Waals surface area contributed by atoms with Crippen LogP contribution in [0.1, 0.15) is 5.56 Å². The highest BCUT2D eigenvalue weighted by molar-refractivity contribution is 7.87. The molecule has 1 atom stereocenters. The van der Waals surface area contributed by atoms with Gasteiger partial charge in [-0.2, -0.15) is 27.7 Å². The molecule has 1 aromatic rings. The Morgan fingerprint density at radius 3 is 2.91 bits per heavy atom. The number of morpholine rings is 1. The maximum absolute atomic E-state index is 12.3. The van der Waals surface area contributed by atoms with E-state index in [2.05, 4.69) is 9.71 Å². The molecular formula is C13H18N4O5S. The summed E-state index contributed by atoms with van der Waals surface area (Å²) in [4.78, 5) is 4.09. The molecule has 0 spiro atoms. The van der Waals surface area contributed by atoms with E-state index in [0.717, 1.165) is 0 Å². The molecule has 0 aromatic carbocycles. The normalized spacial score (nSPS) is 19.1. The van der Waals surface area contributed by atoms with E-state index in [-0.39, 0.29) is 32.1 Å². The number of nitrogens with one attached hydrogen (secondary N) is 1. The molecule has 1 unspecified atom stereocenters. The van der Waals surface area contributed by atoms with Gasteiger partial charge in [-0.1, -0.05) is 0 Å². The summed E-state index contributed by atoms with van der Waals surface area (Å²) in [7, 11) is -0.804. The Morgan fingerprint density at radius 2 is 2.26 bits per heavy atom. The van der Waals surface area contributed by atoms with Crippen LogP contribution in [-0.2, 0) is 21.5 Å². The maximum atomic E-state index is 12.3. The Bertz CT molecular complexity index is 688. The predicted octanol–water partition coefficient (Wildman–Crippen LogP) is -0.342. The van der Waals surface area contributed by atoms with Crippen molar-refractivity contribution >= 4 is 10.2 Å². The minimum Gasteiger partial charge on any atom is -0.481 e. The molecule has 0 aliphatic carbocycles. The highest BCUT2D eigenvalue weighted by Crippen LogP contribution is 2.20. The fourth-order valence-electron chi connectivity index (χ4n) is 2.06. The zero-order valence-corrected chi connectivity index (χ0v) is 13.7. The lowest BCUT2D eigenvalue weighted by Gasteiger charge is -2.28. The summed E-state index contributed by atoms with van der Waals surface area (Å²) in [6.45, 7) is 0.402. The van der Waals surface area contributed by atoms with Gasteiger partial charge in [0.25, 0.3) is 10.2 Å². The van der Waals surface area contributed by atoms with Crippen molar-refractivity contribution < 1.29 is 22.6 Å². The van der Waals surface area contributed by atoms with E-state index in [1.54, 1.807) is 12.1 Å². The number of nitrogens with zero attached hydrogens (tertiary/aromatic N) is 3. The third-order valence-electron chi connectivity index (χ3n) is 3.27. The van der Waals surface area contributed by atoms with Gasteiger partial charge in [0.2, 0.25) is 11.8 Å². The van der Waals surface area contributed by atoms with Gasteiger partial charge < -0.3 is 14.2 Å². The van der Waals surface area contributed by atoms with Gasteiger partial charge in [0.15, 0.2) is 6.10 Å². The Hall–Kier alpha value is -1.93. The van der Waals surface area contributed by atoms with Gasteiger partial charge in [-0.3, -0.25) is 0 Å². The van der Waals surface area contributed by atoms with E-state index < -0.39 is 16.3 Å². The second-order valence-electron chi connectivity index (χ2n) is 4.69. The molecule has 1 saturated heterocycles. The minimum absolute atomic E-state index is 0.00380. The summed E-state index contributed by atoms with van der Waals surface area (Å²) in [6, 6.07) is 5.20. The molecule has 10 heteroatoms. The van der Waals surface area contributed by atoms with Crippen molar-refractivity contribution in [2.75, 3.05) is 33.9 Å². The van der Waals surface area contributed by atoms with Gasteiger partial charge in [0, 0.05) is 24.7 Å². The molecule has 1 N–H and O–H groups in total. The average Bonchev–Trinajstić information content (AvgIpc) is 2.59. The Morgan fingerprint density at radius 1 is 1.48 bits per heavy atom. The fourth-order valence-corrected chi connectivity index (χ4v) is 3.23. The van der Waals surface area contributed by atoms with E-state index in [9.17, 15) is 8.42 Å². The molecule has 1 aliphatic rings. The van der Waals surface area contributed by atoms with Gasteiger partial charge in [-0.25, -0.2) is 0 Å². The molecule has 2 heterocycles. The summed E-state index contributed by atoms with van der Waals surface area (Å²) in [5, 5.41) is 8.85. The molecule has 1 fully saturated rings. The summed E-state index contributed by atoms with van der Waals surface area (Å²) in [6.07, 6.45) is -0.752. The highest BCUT2D eigenvalue weighted by atomic mass is 32.2. The van der Waals surface area contributed by atoms with E-state index in [1.165, 1.54) is 18.5 Å². The molecule has 1 aliphatic heterocycles. The molecule has 0 bridgehead atoms. The number of hydrogen-bond acceptors (Lipinski definition) is 7. The fraction of sp³-hybridized carbons (Fsp3) is 0.538. The minimum atomic E-state index is -3.73. The van der Waals surface area contributed by atoms with Crippen LogP contribution in [0.2, 0.25) is 0 Å². The standard InChI is InChI=1S/C13H18N4O5S/c1-20-12-4-3-10(13(16-12)21-2)8-15-23(18,19)17-5-6-22-11(7-14)9-17/h3-4,11,15H,5-6,8-9H2,1-2H3. The van der Waals surface area contributed by atoms with Crippen LogP contribution in [0.3, 0.4) is 0 Å². The highest BCUT2D eigenvalue weighted by Gasteiger charge is 2.29. The van der Waals surface area contributed by atoms with Crippen LogP contribution in [-0.4, -0.2) is 57.7 Å². The zero-order chi connectivity index (χ0) is 16.9. The molecule has 126 valence electrons. The van der Waals surface area contributed by atoms with Crippen molar-refractivity contribution in [2.45, 2.75) is 12.6 Å². The molecule has 0 radical (unpaired) electrons. The van der Waals surface area contributed by atoms with Crippen molar-refractivity contribution in [3.8, 4) is 17.8 Å². The predicted molar refractivity (Wildman–Crippen MR) is 80.0 cm³/mol. The smallest absolute Gasteiger partial charge is 0.279 e. The number of methoxy groups -OCH3 is 2. The number of pyridine rings is 1. The number of hydrogen-bond donors (Lipinski definition) is 1. The van der Waals surface area contributed by atoms with Crippen LogP contribution in [0.15, 0.2) is 12.1 Å². The van der Waals surface area contributed by atoms with Crippen LogP contribution in [0, 0.1) is 11.3 Å². The van der Waals surface area contributed by atoms with Gasteiger partial charge in [-0.15, -0.1) is 0 Å². The molecule has 1 aromatic heterocycles. The summed E-state index contributed by atoms with van der Waals surface area (Å²) in [5.74, 6) is 0.655. The molecule has 9 nitrogen and oxygen atoms in total. The van der Waals surface area contributed by atoms with Crippen molar-refractivity contribution in [2.24, 2.45) is 0 Å². The number of nitriles is 1. The Balaban J connectivity index is 2.06. The van der Waals surface area contributed by atoms with Crippen LogP contribution >= 0.6 is 0 Å². The molecule has 0 saturated carbocycles. The number of rotatable bonds is 6. The Labute approximate surface area is 135 Å². The van der Waals surface area contributed by atoms with E-state index in [4.69, 9.17) is 19.5 Å². The van der Waals surface area contributed by atoms with Gasteiger partial charge in [0.1, 0.15) is 0 Å². The molecular weight excluding hydrogens is 324 g/mol. The van der Waals surface area contributed by atoms with Crippen molar-refractivity contribution in [3.05, 3.63) is 17.7 Å². The third kappa shape index (κ3) is 4.29. The third-order valence-corrected chi connectivity index (χ3v) is 4.79. The van der Waals surface area contributed by atoms with E-state index in [0.29, 0.717) is 11.4 Å². The number of aromatic nitrogens is 1. The van der Waals surface area contributed by atoms with E-state index >= 15 is 0 Å². The molecule has 0 amide bonds. The van der Waals surface area contributed by atoms with Gasteiger partial charge in [0.05, 0.1) is 33.4 Å². The molecule has 23 heavy (non-hydrogen) atoms. The SMILES string of the molecule is COc1ccc(CNS(=O)(=O)N2CCOC(C#N)C2)c(OC)n1. The summed E-state index contributed by atoms with van der Waals surface area (Å²) >= 11 is 0. The first kappa shape index (κ1) is 17.4. The first-order valence-electron chi connectivity index (χ1n) is 6.84. The van der Waals surface area contributed by atoms with Crippen molar-refractivity contribution in [1.29, 1.82) is 5.26 Å². The molecule has 2 rings (SSSR count). The van der Waals surface area contributed by atoms with Crippen LogP contribution < -0.4 is 14.2 Å². The largest absolute Gasteiger partial charge is 0.481 e.